The highest BCUT2D eigenvalue weighted by Gasteiger charge is 2.33. The number of hydrogen-bond donors (Lipinski definition) is 2. The Balaban J connectivity index is 1.80. The van der Waals surface area contributed by atoms with Crippen molar-refractivity contribution in [3.05, 3.63) is 0 Å². The summed E-state index contributed by atoms with van der Waals surface area (Å²) >= 11 is 0. The monoisotopic (exact) mass is 366 g/mol. The van der Waals surface area contributed by atoms with E-state index in [1.807, 2.05) is 0 Å². The number of rotatable bonds is 10. The van der Waals surface area contributed by atoms with Gasteiger partial charge in [0, 0.05) is 39.9 Å². The molecule has 2 aliphatic rings. The van der Waals surface area contributed by atoms with Gasteiger partial charge in [0.05, 0.1) is 0 Å². The number of methoxy groups -OCH3 is 1. The molecule has 1 heterocycles. The second-order valence-electron chi connectivity index (χ2n) is 8.49. The molecule has 1 saturated carbocycles. The van der Waals surface area contributed by atoms with Gasteiger partial charge in [0.25, 0.3) is 0 Å². The first kappa shape index (κ1) is 21.5. The number of hydrogen-bond acceptors (Lipinski definition) is 3. The van der Waals surface area contributed by atoms with Gasteiger partial charge in [0.15, 0.2) is 5.96 Å². The van der Waals surface area contributed by atoms with Crippen LogP contribution in [0.3, 0.4) is 0 Å². The van der Waals surface area contributed by atoms with E-state index in [0.29, 0.717) is 11.3 Å². The van der Waals surface area contributed by atoms with Crippen LogP contribution in [-0.4, -0.2) is 63.8 Å². The maximum atomic E-state index is 5.35. The Morgan fingerprint density at radius 2 is 1.85 bits per heavy atom. The lowest BCUT2D eigenvalue weighted by atomic mass is 9.83. The van der Waals surface area contributed by atoms with E-state index >= 15 is 0 Å². The number of nitrogens with zero attached hydrogens (tertiary/aromatic N) is 2. The quantitative estimate of drug-likeness (QED) is 0.460. The minimum absolute atomic E-state index is 0.359. The molecule has 1 aliphatic heterocycles. The van der Waals surface area contributed by atoms with Crippen molar-refractivity contribution in [2.24, 2.45) is 16.3 Å². The zero-order valence-corrected chi connectivity index (χ0v) is 17.5. The van der Waals surface area contributed by atoms with Crippen LogP contribution in [0.15, 0.2) is 4.99 Å². The first-order chi connectivity index (χ1) is 12.7. The number of guanidine groups is 1. The van der Waals surface area contributed by atoms with E-state index in [1.165, 1.54) is 64.6 Å². The Bertz CT molecular complexity index is 401. The third-order valence-corrected chi connectivity index (χ3v) is 6.05. The van der Waals surface area contributed by atoms with E-state index in [1.54, 1.807) is 7.11 Å². The number of likely N-dealkylation sites (tertiary alicyclic amines) is 1. The van der Waals surface area contributed by atoms with Crippen LogP contribution in [0.5, 0.6) is 0 Å². The van der Waals surface area contributed by atoms with Crippen molar-refractivity contribution in [2.45, 2.75) is 65.2 Å². The van der Waals surface area contributed by atoms with Gasteiger partial charge in [-0.2, -0.15) is 0 Å². The highest BCUT2D eigenvalue weighted by molar-refractivity contribution is 5.79. The topological polar surface area (TPSA) is 48.9 Å². The van der Waals surface area contributed by atoms with Crippen LogP contribution in [0.4, 0.5) is 0 Å². The fourth-order valence-corrected chi connectivity index (χ4v) is 4.44. The van der Waals surface area contributed by atoms with E-state index in [0.717, 1.165) is 38.6 Å². The largest absolute Gasteiger partial charge is 0.385 e. The lowest BCUT2D eigenvalue weighted by Gasteiger charge is -2.29. The van der Waals surface area contributed by atoms with E-state index in [9.17, 15) is 0 Å². The first-order valence-electron chi connectivity index (χ1n) is 10.9. The summed E-state index contributed by atoms with van der Waals surface area (Å²) in [5.41, 5.74) is 0.359. The predicted molar refractivity (Wildman–Crippen MR) is 111 cm³/mol. The molecule has 5 nitrogen and oxygen atoms in total. The Labute approximate surface area is 161 Å². The molecule has 152 valence electrons. The van der Waals surface area contributed by atoms with Crippen molar-refractivity contribution in [1.82, 2.24) is 15.5 Å². The van der Waals surface area contributed by atoms with Gasteiger partial charge in [0.1, 0.15) is 0 Å². The number of piperidine rings is 1. The van der Waals surface area contributed by atoms with Gasteiger partial charge in [-0.15, -0.1) is 0 Å². The van der Waals surface area contributed by atoms with E-state index < -0.39 is 0 Å². The van der Waals surface area contributed by atoms with E-state index in [2.05, 4.69) is 29.4 Å². The average molecular weight is 367 g/mol. The molecule has 5 heteroatoms. The summed E-state index contributed by atoms with van der Waals surface area (Å²) < 4.78 is 5.35. The Morgan fingerprint density at radius 1 is 1.12 bits per heavy atom. The summed E-state index contributed by atoms with van der Waals surface area (Å²) in [5.74, 6) is 1.63. The lowest BCUT2D eigenvalue weighted by molar-refractivity contribution is 0.141. The van der Waals surface area contributed by atoms with Crippen LogP contribution >= 0.6 is 0 Å². The molecule has 1 saturated heterocycles. The van der Waals surface area contributed by atoms with Crippen LogP contribution in [0, 0.1) is 11.3 Å². The SMILES string of the molecule is CCNC(=NCC1(CCOC)CCCC1)NCC(C)CN1CCCCC1. The second-order valence-corrected chi connectivity index (χ2v) is 8.49. The third kappa shape index (κ3) is 7.43. The van der Waals surface area contributed by atoms with Crippen LogP contribution in [0.2, 0.25) is 0 Å². The summed E-state index contributed by atoms with van der Waals surface area (Å²) in [6, 6.07) is 0. The Kier molecular flexibility index (Phi) is 9.76. The molecule has 0 amide bonds. The normalized spacial score (nSPS) is 22.3. The van der Waals surface area contributed by atoms with E-state index in [-0.39, 0.29) is 0 Å². The highest BCUT2D eigenvalue weighted by atomic mass is 16.5. The number of ether oxygens (including phenoxy) is 1. The standard InChI is InChI=1S/C21H42N4O/c1-4-22-20(23-16-19(2)17-25-13-8-5-9-14-25)24-18-21(12-15-26-3)10-6-7-11-21/h19H,4-18H2,1-3H3,(H2,22,23,24). The minimum atomic E-state index is 0.359. The van der Waals surface area contributed by atoms with Crippen molar-refractivity contribution in [3.63, 3.8) is 0 Å². The molecule has 0 aromatic rings. The van der Waals surface area contributed by atoms with Crippen molar-refractivity contribution in [3.8, 4) is 0 Å². The first-order valence-corrected chi connectivity index (χ1v) is 10.9. The fraction of sp³-hybridized carbons (Fsp3) is 0.952. The van der Waals surface area contributed by atoms with Gasteiger partial charge in [-0.05, 0) is 63.5 Å². The molecule has 2 fully saturated rings. The van der Waals surface area contributed by atoms with Crippen molar-refractivity contribution >= 4 is 5.96 Å². The highest BCUT2D eigenvalue weighted by Crippen LogP contribution is 2.41. The zero-order chi connectivity index (χ0) is 18.7. The molecule has 0 spiro atoms. The molecule has 0 bridgehead atoms. The molecule has 2 rings (SSSR count). The molecule has 1 aliphatic carbocycles. The summed E-state index contributed by atoms with van der Waals surface area (Å²) in [6.07, 6.45) is 10.6. The summed E-state index contributed by atoms with van der Waals surface area (Å²) in [5, 5.41) is 7.02. The third-order valence-electron chi connectivity index (χ3n) is 6.05. The zero-order valence-electron chi connectivity index (χ0n) is 17.5. The maximum absolute atomic E-state index is 5.35. The van der Waals surface area contributed by atoms with Gasteiger partial charge in [-0.25, -0.2) is 0 Å². The smallest absolute Gasteiger partial charge is 0.191 e. The number of aliphatic imine (C=N–C) groups is 1. The van der Waals surface area contributed by atoms with Crippen molar-refractivity contribution in [1.29, 1.82) is 0 Å². The minimum Gasteiger partial charge on any atom is -0.385 e. The molecule has 0 aromatic heterocycles. The van der Waals surface area contributed by atoms with Gasteiger partial charge in [0.2, 0.25) is 0 Å². The Hall–Kier alpha value is -0.810. The molecule has 0 aromatic carbocycles. The number of nitrogens with one attached hydrogen (secondary N) is 2. The Morgan fingerprint density at radius 3 is 2.50 bits per heavy atom. The lowest BCUT2D eigenvalue weighted by Crippen LogP contribution is -2.43. The summed E-state index contributed by atoms with van der Waals surface area (Å²) in [4.78, 5) is 7.59. The van der Waals surface area contributed by atoms with Gasteiger partial charge >= 0.3 is 0 Å². The molecular formula is C21H42N4O. The molecular weight excluding hydrogens is 324 g/mol. The maximum Gasteiger partial charge on any atom is 0.191 e. The molecule has 1 atom stereocenters. The predicted octanol–water partition coefficient (Wildman–Crippen LogP) is 3.26. The molecule has 2 N–H and O–H groups in total. The van der Waals surface area contributed by atoms with Crippen molar-refractivity contribution < 1.29 is 4.74 Å². The summed E-state index contributed by atoms with van der Waals surface area (Å²) in [7, 11) is 1.81. The van der Waals surface area contributed by atoms with Crippen LogP contribution in [-0.2, 0) is 4.74 Å². The average Bonchev–Trinajstić information content (AvgIpc) is 3.12. The van der Waals surface area contributed by atoms with Crippen LogP contribution in [0.1, 0.15) is 65.2 Å². The molecule has 1 unspecified atom stereocenters. The molecule has 26 heavy (non-hydrogen) atoms. The van der Waals surface area contributed by atoms with Gasteiger partial charge < -0.3 is 20.3 Å². The van der Waals surface area contributed by atoms with Crippen LogP contribution < -0.4 is 10.6 Å². The second kappa shape index (κ2) is 11.8. The van der Waals surface area contributed by atoms with Crippen LogP contribution in [0.25, 0.3) is 0 Å². The van der Waals surface area contributed by atoms with Gasteiger partial charge in [-0.1, -0.05) is 26.2 Å². The van der Waals surface area contributed by atoms with E-state index in [4.69, 9.17) is 9.73 Å². The van der Waals surface area contributed by atoms with Crippen molar-refractivity contribution in [2.75, 3.05) is 53.0 Å². The molecule has 0 radical (unpaired) electrons. The summed E-state index contributed by atoms with van der Waals surface area (Å²) in [6.45, 7) is 11.9. The van der Waals surface area contributed by atoms with Gasteiger partial charge in [-0.3, -0.25) is 4.99 Å². The fourth-order valence-electron chi connectivity index (χ4n) is 4.44.